The Kier molecular flexibility index (Phi) is 5.33. The molecule has 2 aliphatic rings. The Morgan fingerprint density at radius 2 is 2.12 bits per heavy atom. The number of carboxylic acids is 1. The van der Waals surface area contributed by atoms with Crippen molar-refractivity contribution in [2.24, 2.45) is 0 Å². The highest BCUT2D eigenvalue weighted by Crippen LogP contribution is 2.33. The van der Waals surface area contributed by atoms with Crippen molar-refractivity contribution >= 4 is 23.5 Å². The first-order valence-corrected chi connectivity index (χ1v) is 8.55. The van der Waals surface area contributed by atoms with Gasteiger partial charge in [0.2, 0.25) is 11.8 Å². The van der Waals surface area contributed by atoms with E-state index in [1.54, 1.807) is 17.0 Å². The number of nitrogens with one attached hydrogen (secondary N) is 1. The Labute approximate surface area is 146 Å². The Hall–Kier alpha value is -2.41. The van der Waals surface area contributed by atoms with Gasteiger partial charge in [-0.15, -0.1) is 0 Å². The number of carbonyl (C=O) groups excluding carboxylic acids is 2. The van der Waals surface area contributed by atoms with Gasteiger partial charge in [0.05, 0.1) is 18.4 Å². The van der Waals surface area contributed by atoms with Crippen LogP contribution in [-0.2, 0) is 19.1 Å². The van der Waals surface area contributed by atoms with E-state index in [9.17, 15) is 14.4 Å². The van der Waals surface area contributed by atoms with Crippen molar-refractivity contribution < 1.29 is 24.2 Å². The molecule has 0 radical (unpaired) electrons. The Bertz CT molecular complexity index is 669. The lowest BCUT2D eigenvalue weighted by atomic mass is 9.89. The summed E-state index contributed by atoms with van der Waals surface area (Å²) in [4.78, 5) is 37.6. The lowest BCUT2D eigenvalue weighted by Crippen LogP contribution is -2.43. The minimum atomic E-state index is -0.952. The fourth-order valence-electron chi connectivity index (χ4n) is 3.41. The standard InChI is InChI=1S/C18H22N2O5/c21-16-10-14(13-5-1-2-6-15(13)19-16)18(24)20(8-7-17(22)23)11-12-4-3-9-25-12/h1-2,5-6,12,14H,3-4,7-11H2,(H,19,21)(H,22,23)/t12-,14+/m0/s1. The van der Waals surface area contributed by atoms with Gasteiger partial charge in [-0.25, -0.2) is 0 Å². The number of anilines is 1. The second kappa shape index (κ2) is 7.65. The van der Waals surface area contributed by atoms with Crippen molar-refractivity contribution in [2.75, 3.05) is 25.0 Å². The van der Waals surface area contributed by atoms with Gasteiger partial charge >= 0.3 is 5.97 Å². The summed E-state index contributed by atoms with van der Waals surface area (Å²) < 4.78 is 5.60. The first-order chi connectivity index (χ1) is 12.0. The number of rotatable bonds is 6. The molecule has 2 N–H and O–H groups in total. The van der Waals surface area contributed by atoms with E-state index >= 15 is 0 Å². The summed E-state index contributed by atoms with van der Waals surface area (Å²) in [5.41, 5.74) is 1.42. The predicted octanol–water partition coefficient (Wildman–Crippen LogP) is 1.59. The van der Waals surface area contributed by atoms with Crippen LogP contribution in [0.3, 0.4) is 0 Å². The molecule has 0 unspecified atom stereocenters. The minimum Gasteiger partial charge on any atom is -0.481 e. The number of para-hydroxylation sites is 1. The van der Waals surface area contributed by atoms with Crippen LogP contribution in [0.15, 0.2) is 24.3 Å². The van der Waals surface area contributed by atoms with Crippen molar-refractivity contribution in [3.63, 3.8) is 0 Å². The zero-order valence-electron chi connectivity index (χ0n) is 13.9. The highest BCUT2D eigenvalue weighted by Gasteiger charge is 2.34. The lowest BCUT2D eigenvalue weighted by Gasteiger charge is -2.31. The van der Waals surface area contributed by atoms with Crippen molar-refractivity contribution in [1.29, 1.82) is 0 Å². The van der Waals surface area contributed by atoms with E-state index in [0.717, 1.165) is 18.4 Å². The topological polar surface area (TPSA) is 95.9 Å². The number of amides is 2. The van der Waals surface area contributed by atoms with E-state index < -0.39 is 11.9 Å². The second-order valence-corrected chi connectivity index (χ2v) is 6.46. The number of nitrogens with zero attached hydrogens (tertiary/aromatic N) is 1. The van der Waals surface area contributed by atoms with E-state index in [4.69, 9.17) is 9.84 Å². The van der Waals surface area contributed by atoms with Crippen LogP contribution in [-0.4, -0.2) is 53.6 Å². The molecular weight excluding hydrogens is 324 g/mol. The summed E-state index contributed by atoms with van der Waals surface area (Å²) in [5.74, 6) is -1.95. The third-order valence-electron chi connectivity index (χ3n) is 4.65. The Morgan fingerprint density at radius 3 is 2.84 bits per heavy atom. The van der Waals surface area contributed by atoms with Crippen molar-refractivity contribution in [1.82, 2.24) is 4.90 Å². The summed E-state index contributed by atoms with van der Waals surface area (Å²) in [5, 5.41) is 11.8. The maximum Gasteiger partial charge on any atom is 0.305 e. The van der Waals surface area contributed by atoms with Crippen LogP contribution in [0.1, 0.15) is 37.2 Å². The van der Waals surface area contributed by atoms with E-state index in [2.05, 4.69) is 5.32 Å². The Balaban J connectivity index is 1.80. The SMILES string of the molecule is O=C(O)CCN(C[C@@H]1CCCO1)C(=O)[C@@H]1CC(=O)Nc2ccccc21. The molecule has 1 fully saturated rings. The fourth-order valence-corrected chi connectivity index (χ4v) is 3.41. The third-order valence-corrected chi connectivity index (χ3v) is 4.65. The van der Waals surface area contributed by atoms with Crippen LogP contribution in [0.5, 0.6) is 0 Å². The molecular formula is C18H22N2O5. The first-order valence-electron chi connectivity index (χ1n) is 8.55. The molecule has 134 valence electrons. The lowest BCUT2D eigenvalue weighted by molar-refractivity contribution is -0.140. The number of aliphatic carboxylic acids is 1. The number of carbonyl (C=O) groups is 3. The van der Waals surface area contributed by atoms with Crippen molar-refractivity contribution in [2.45, 2.75) is 37.7 Å². The van der Waals surface area contributed by atoms with Gasteiger partial charge in [0.15, 0.2) is 0 Å². The largest absolute Gasteiger partial charge is 0.481 e. The number of hydrogen-bond donors (Lipinski definition) is 2. The van der Waals surface area contributed by atoms with Crippen LogP contribution in [0.4, 0.5) is 5.69 Å². The second-order valence-electron chi connectivity index (χ2n) is 6.46. The first kappa shape index (κ1) is 17.4. The van der Waals surface area contributed by atoms with Gasteiger partial charge in [-0.05, 0) is 24.5 Å². The molecule has 0 aromatic heterocycles. The zero-order chi connectivity index (χ0) is 17.8. The maximum absolute atomic E-state index is 13.1. The van der Waals surface area contributed by atoms with E-state index in [-0.39, 0.29) is 37.3 Å². The quantitative estimate of drug-likeness (QED) is 0.815. The van der Waals surface area contributed by atoms with Gasteiger partial charge in [0.25, 0.3) is 0 Å². The molecule has 25 heavy (non-hydrogen) atoms. The maximum atomic E-state index is 13.1. The molecule has 2 amide bonds. The van der Waals surface area contributed by atoms with Crippen LogP contribution in [0.25, 0.3) is 0 Å². The normalized spacial score (nSPS) is 22.2. The average Bonchev–Trinajstić information content (AvgIpc) is 3.10. The molecule has 0 spiro atoms. The van der Waals surface area contributed by atoms with Crippen LogP contribution < -0.4 is 5.32 Å². The van der Waals surface area contributed by atoms with Gasteiger partial charge in [-0.2, -0.15) is 0 Å². The molecule has 1 saturated heterocycles. The number of hydrogen-bond acceptors (Lipinski definition) is 4. The van der Waals surface area contributed by atoms with Crippen LogP contribution in [0, 0.1) is 0 Å². The average molecular weight is 346 g/mol. The summed E-state index contributed by atoms with van der Waals surface area (Å²) in [6, 6.07) is 7.24. The number of fused-ring (bicyclic) bond motifs is 1. The highest BCUT2D eigenvalue weighted by molar-refractivity contribution is 6.01. The van der Waals surface area contributed by atoms with Gasteiger partial charge in [-0.3, -0.25) is 14.4 Å². The van der Waals surface area contributed by atoms with Crippen molar-refractivity contribution in [3.8, 4) is 0 Å². The smallest absolute Gasteiger partial charge is 0.305 e. The van der Waals surface area contributed by atoms with Crippen LogP contribution in [0.2, 0.25) is 0 Å². The van der Waals surface area contributed by atoms with Gasteiger partial charge in [0.1, 0.15) is 0 Å². The third kappa shape index (κ3) is 4.17. The zero-order valence-corrected chi connectivity index (χ0v) is 13.9. The molecule has 1 aromatic rings. The summed E-state index contributed by atoms with van der Waals surface area (Å²) in [6.07, 6.45) is 1.69. The van der Waals surface area contributed by atoms with Gasteiger partial charge in [-0.1, -0.05) is 18.2 Å². The predicted molar refractivity (Wildman–Crippen MR) is 90.2 cm³/mol. The molecule has 7 nitrogen and oxygen atoms in total. The summed E-state index contributed by atoms with van der Waals surface area (Å²) in [6.45, 7) is 1.15. The van der Waals surface area contributed by atoms with Gasteiger partial charge in [0, 0.05) is 31.8 Å². The van der Waals surface area contributed by atoms with E-state index in [1.165, 1.54) is 0 Å². The molecule has 2 aliphatic heterocycles. The monoisotopic (exact) mass is 346 g/mol. The molecule has 0 saturated carbocycles. The molecule has 2 atom stereocenters. The molecule has 3 rings (SSSR count). The number of benzene rings is 1. The molecule has 2 heterocycles. The Morgan fingerprint density at radius 1 is 1.32 bits per heavy atom. The van der Waals surface area contributed by atoms with Crippen molar-refractivity contribution in [3.05, 3.63) is 29.8 Å². The van der Waals surface area contributed by atoms with E-state index in [1.807, 2.05) is 12.1 Å². The van der Waals surface area contributed by atoms with Gasteiger partial charge < -0.3 is 20.1 Å². The van der Waals surface area contributed by atoms with E-state index in [0.29, 0.717) is 18.8 Å². The fraction of sp³-hybridized carbons (Fsp3) is 0.500. The summed E-state index contributed by atoms with van der Waals surface area (Å²) >= 11 is 0. The molecule has 0 bridgehead atoms. The number of ether oxygens (including phenoxy) is 1. The molecule has 1 aromatic carbocycles. The summed E-state index contributed by atoms with van der Waals surface area (Å²) in [7, 11) is 0. The highest BCUT2D eigenvalue weighted by atomic mass is 16.5. The number of carboxylic acid groups (broad SMARTS) is 1. The minimum absolute atomic E-state index is 0.0644. The van der Waals surface area contributed by atoms with Crippen LogP contribution >= 0.6 is 0 Å². The molecule has 0 aliphatic carbocycles. The molecule has 7 heteroatoms.